The van der Waals surface area contributed by atoms with Gasteiger partial charge in [0, 0.05) is 5.69 Å². The van der Waals surface area contributed by atoms with Crippen LogP contribution in [0.2, 0.25) is 0 Å². The molecule has 7 heteroatoms. The Morgan fingerprint density at radius 3 is 2.71 bits per heavy atom. The van der Waals surface area contributed by atoms with Crippen LogP contribution in [0.25, 0.3) is 0 Å². The number of nitrogens with two attached hydrogens (primary N) is 1. The van der Waals surface area contributed by atoms with Crippen LogP contribution < -0.4 is 16.4 Å². The molecule has 0 fully saturated rings. The molecule has 1 amide bonds. The normalized spacial score (nSPS) is 11.7. The molecule has 0 unspecified atom stereocenters. The van der Waals surface area contributed by atoms with Gasteiger partial charge in [-0.25, -0.2) is 9.18 Å². The van der Waals surface area contributed by atoms with E-state index in [1.807, 2.05) is 0 Å². The summed E-state index contributed by atoms with van der Waals surface area (Å²) in [6.45, 7) is 0.367. The van der Waals surface area contributed by atoms with Gasteiger partial charge in [-0.15, -0.1) is 0 Å². The molecule has 5 N–H and O–H groups in total. The lowest BCUT2D eigenvalue weighted by Gasteiger charge is -2.15. The summed E-state index contributed by atoms with van der Waals surface area (Å²) in [7, 11) is 0. The van der Waals surface area contributed by atoms with E-state index >= 15 is 0 Å². The quantitative estimate of drug-likeness (QED) is 0.508. The molecule has 0 heterocycles. The molecule has 1 aromatic rings. The summed E-state index contributed by atoms with van der Waals surface area (Å²) in [5.41, 5.74) is 5.80. The molecule has 0 saturated carbocycles. The van der Waals surface area contributed by atoms with Crippen LogP contribution in [0, 0.1) is 5.82 Å². The highest BCUT2D eigenvalue weighted by molar-refractivity contribution is 5.86. The Bertz CT molecular complexity index is 482. The average molecular weight is 297 g/mol. The lowest BCUT2D eigenvalue weighted by Crippen LogP contribution is -2.43. The molecule has 0 bridgehead atoms. The predicted molar refractivity (Wildman–Crippen MR) is 77.4 cm³/mol. The molecule has 21 heavy (non-hydrogen) atoms. The van der Waals surface area contributed by atoms with Crippen molar-refractivity contribution in [1.29, 1.82) is 0 Å². The van der Waals surface area contributed by atoms with Gasteiger partial charge in [0.1, 0.15) is 11.9 Å². The summed E-state index contributed by atoms with van der Waals surface area (Å²) in [6.07, 6.45) is 1.67. The molecular formula is C14H20FN3O3. The van der Waals surface area contributed by atoms with Crippen molar-refractivity contribution >= 4 is 17.6 Å². The number of nitrogens with one attached hydrogen (secondary N) is 2. The van der Waals surface area contributed by atoms with E-state index in [9.17, 15) is 14.0 Å². The zero-order chi connectivity index (χ0) is 15.7. The van der Waals surface area contributed by atoms with Gasteiger partial charge in [-0.2, -0.15) is 0 Å². The number of hydrogen-bond acceptors (Lipinski definition) is 4. The van der Waals surface area contributed by atoms with E-state index in [-0.39, 0.29) is 6.54 Å². The van der Waals surface area contributed by atoms with Crippen molar-refractivity contribution in [3.05, 3.63) is 30.1 Å². The maximum Gasteiger partial charge on any atom is 0.326 e. The Morgan fingerprint density at radius 2 is 2.10 bits per heavy atom. The first-order valence-electron chi connectivity index (χ1n) is 6.74. The highest BCUT2D eigenvalue weighted by Gasteiger charge is 2.18. The predicted octanol–water partition coefficient (Wildman–Crippen LogP) is 0.936. The maximum atomic E-state index is 13.0. The van der Waals surface area contributed by atoms with Crippen LogP contribution in [0.3, 0.4) is 0 Å². The van der Waals surface area contributed by atoms with Gasteiger partial charge in [0.2, 0.25) is 5.91 Å². The Kier molecular flexibility index (Phi) is 7.17. The Hall–Kier alpha value is -2.15. The fourth-order valence-corrected chi connectivity index (χ4v) is 1.78. The number of carboxylic acid groups (broad SMARTS) is 1. The molecule has 1 rings (SSSR count). The van der Waals surface area contributed by atoms with Crippen LogP contribution in [0.15, 0.2) is 24.3 Å². The monoisotopic (exact) mass is 297 g/mol. The van der Waals surface area contributed by atoms with Crippen LogP contribution in [0.5, 0.6) is 0 Å². The minimum Gasteiger partial charge on any atom is -0.480 e. The molecule has 0 aliphatic heterocycles. The summed E-state index contributed by atoms with van der Waals surface area (Å²) >= 11 is 0. The minimum atomic E-state index is -1.08. The van der Waals surface area contributed by atoms with Crippen molar-refractivity contribution in [2.75, 3.05) is 18.4 Å². The molecule has 6 nitrogen and oxygen atoms in total. The van der Waals surface area contributed by atoms with E-state index in [0.29, 0.717) is 31.5 Å². The first kappa shape index (κ1) is 16.9. The number of aliphatic carboxylic acids is 1. The summed E-state index contributed by atoms with van der Waals surface area (Å²) in [4.78, 5) is 22.7. The van der Waals surface area contributed by atoms with Gasteiger partial charge in [0.05, 0.1) is 6.54 Å². The summed E-state index contributed by atoms with van der Waals surface area (Å²) < 4.78 is 13.0. The summed E-state index contributed by atoms with van der Waals surface area (Å²) in [5.74, 6) is -1.95. The Morgan fingerprint density at radius 1 is 1.33 bits per heavy atom. The molecule has 0 spiro atoms. The van der Waals surface area contributed by atoms with E-state index in [1.54, 1.807) is 6.07 Å². The molecule has 0 aliphatic carbocycles. The first-order chi connectivity index (χ1) is 10.0. The number of benzene rings is 1. The Labute approximate surface area is 122 Å². The second kappa shape index (κ2) is 8.91. The van der Waals surface area contributed by atoms with Crippen LogP contribution >= 0.6 is 0 Å². The van der Waals surface area contributed by atoms with Crippen LogP contribution in [-0.4, -0.2) is 36.1 Å². The van der Waals surface area contributed by atoms with Crippen LogP contribution in [0.1, 0.15) is 19.3 Å². The van der Waals surface area contributed by atoms with E-state index in [2.05, 4.69) is 10.6 Å². The zero-order valence-corrected chi connectivity index (χ0v) is 11.6. The van der Waals surface area contributed by atoms with Crippen molar-refractivity contribution < 1.29 is 19.1 Å². The van der Waals surface area contributed by atoms with Gasteiger partial charge < -0.3 is 21.5 Å². The average Bonchev–Trinajstić information content (AvgIpc) is 2.44. The van der Waals surface area contributed by atoms with Crippen molar-refractivity contribution in [3.63, 3.8) is 0 Å². The van der Waals surface area contributed by atoms with Gasteiger partial charge in [-0.1, -0.05) is 6.07 Å². The fourth-order valence-electron chi connectivity index (χ4n) is 1.78. The second-order valence-electron chi connectivity index (χ2n) is 4.61. The summed E-state index contributed by atoms with van der Waals surface area (Å²) in [6, 6.07) is 4.75. The molecular weight excluding hydrogens is 277 g/mol. The lowest BCUT2D eigenvalue weighted by atomic mass is 10.1. The third-order valence-corrected chi connectivity index (χ3v) is 2.86. The minimum absolute atomic E-state index is 0.121. The van der Waals surface area contributed by atoms with Gasteiger partial charge >= 0.3 is 5.97 Å². The second-order valence-corrected chi connectivity index (χ2v) is 4.61. The molecule has 0 radical (unpaired) electrons. The smallest absolute Gasteiger partial charge is 0.326 e. The number of carboxylic acids is 1. The van der Waals surface area contributed by atoms with Crippen molar-refractivity contribution in [3.8, 4) is 0 Å². The summed E-state index contributed by atoms with van der Waals surface area (Å²) in [5, 5.41) is 14.2. The first-order valence-corrected chi connectivity index (χ1v) is 6.74. The van der Waals surface area contributed by atoms with Crippen molar-refractivity contribution in [2.45, 2.75) is 25.3 Å². The van der Waals surface area contributed by atoms with E-state index in [0.717, 1.165) is 0 Å². The molecule has 0 aromatic heterocycles. The van der Waals surface area contributed by atoms with Crippen LogP contribution in [-0.2, 0) is 9.59 Å². The van der Waals surface area contributed by atoms with Crippen LogP contribution in [0.4, 0.5) is 10.1 Å². The molecule has 1 atom stereocenters. The third-order valence-electron chi connectivity index (χ3n) is 2.86. The number of rotatable bonds is 9. The molecule has 116 valence electrons. The Balaban J connectivity index is 2.41. The van der Waals surface area contributed by atoms with E-state index in [1.165, 1.54) is 18.2 Å². The largest absolute Gasteiger partial charge is 0.480 e. The number of hydrogen-bond donors (Lipinski definition) is 4. The number of unbranched alkanes of at least 4 members (excludes halogenated alkanes) is 1. The van der Waals surface area contributed by atoms with E-state index in [4.69, 9.17) is 10.8 Å². The molecule has 0 aliphatic rings. The third kappa shape index (κ3) is 6.71. The maximum absolute atomic E-state index is 13.0. The van der Waals surface area contributed by atoms with Gasteiger partial charge in [0.15, 0.2) is 0 Å². The highest BCUT2D eigenvalue weighted by atomic mass is 19.1. The number of halogens is 1. The van der Waals surface area contributed by atoms with Gasteiger partial charge in [0.25, 0.3) is 0 Å². The molecule has 0 saturated heterocycles. The fraction of sp³-hybridized carbons (Fsp3) is 0.429. The van der Waals surface area contributed by atoms with Crippen molar-refractivity contribution in [1.82, 2.24) is 5.32 Å². The lowest BCUT2D eigenvalue weighted by molar-refractivity contribution is -0.141. The number of carbonyl (C=O) groups excluding carboxylic acids is 1. The molecule has 1 aromatic carbocycles. The number of carbonyl (C=O) groups is 2. The highest BCUT2D eigenvalue weighted by Crippen LogP contribution is 2.08. The van der Waals surface area contributed by atoms with Gasteiger partial charge in [-0.3, -0.25) is 4.79 Å². The standard InChI is InChI=1S/C14H20FN3O3/c15-10-4-3-5-11(8-10)17-9-13(19)18-12(14(20)21)6-1-2-7-16/h3-5,8,12,17H,1-2,6-7,9,16H2,(H,18,19)(H,20,21)/t12-/m0/s1. The number of amides is 1. The van der Waals surface area contributed by atoms with Crippen molar-refractivity contribution in [2.24, 2.45) is 5.73 Å². The number of anilines is 1. The SMILES string of the molecule is NCCCC[C@H](NC(=O)CNc1cccc(F)c1)C(=O)O. The topological polar surface area (TPSA) is 104 Å². The van der Waals surface area contributed by atoms with Gasteiger partial charge in [-0.05, 0) is 44.0 Å². The van der Waals surface area contributed by atoms with E-state index < -0.39 is 23.7 Å². The zero-order valence-electron chi connectivity index (χ0n) is 11.6.